The summed E-state index contributed by atoms with van der Waals surface area (Å²) in [6.07, 6.45) is 5.60. The molecule has 0 radical (unpaired) electrons. The van der Waals surface area contributed by atoms with E-state index in [9.17, 15) is 4.79 Å². The van der Waals surface area contributed by atoms with Crippen molar-refractivity contribution >= 4 is 16.9 Å². The highest BCUT2D eigenvalue weighted by Gasteiger charge is 2.31. The molecule has 1 aromatic heterocycles. The first-order valence-electron chi connectivity index (χ1n) is 10.3. The van der Waals surface area contributed by atoms with Crippen molar-refractivity contribution in [1.82, 2.24) is 19.4 Å². The zero-order valence-electron chi connectivity index (χ0n) is 16.1. The molecular weight excluding hydrogens is 348 g/mol. The first-order valence-corrected chi connectivity index (χ1v) is 10.3. The van der Waals surface area contributed by atoms with Gasteiger partial charge in [-0.1, -0.05) is 24.3 Å². The fraction of sp³-hybridized carbons (Fsp3) is 0.391. The molecule has 5 nitrogen and oxygen atoms in total. The Morgan fingerprint density at radius 1 is 1.00 bits per heavy atom. The average Bonchev–Trinajstić information content (AvgIpc) is 3.49. The molecule has 0 spiro atoms. The van der Waals surface area contributed by atoms with Gasteiger partial charge in [-0.25, -0.2) is 4.98 Å². The molecule has 144 valence electrons. The minimum atomic E-state index is 0.168. The van der Waals surface area contributed by atoms with Crippen LogP contribution in [0.2, 0.25) is 0 Å². The van der Waals surface area contributed by atoms with Gasteiger partial charge in [-0.05, 0) is 62.2 Å². The quantitative estimate of drug-likeness (QED) is 0.703. The van der Waals surface area contributed by atoms with E-state index in [1.165, 1.54) is 31.5 Å². The summed E-state index contributed by atoms with van der Waals surface area (Å²) in [5.74, 6) is 0.168. The zero-order valence-corrected chi connectivity index (χ0v) is 16.1. The van der Waals surface area contributed by atoms with Gasteiger partial charge in [0.2, 0.25) is 0 Å². The van der Waals surface area contributed by atoms with Crippen LogP contribution in [0.25, 0.3) is 11.0 Å². The van der Waals surface area contributed by atoms with Gasteiger partial charge in [0.15, 0.2) is 0 Å². The van der Waals surface area contributed by atoms with Crippen LogP contribution in [0.1, 0.15) is 35.2 Å². The van der Waals surface area contributed by atoms with Gasteiger partial charge in [-0.3, -0.25) is 9.69 Å². The molecule has 2 aliphatic heterocycles. The van der Waals surface area contributed by atoms with E-state index in [1.54, 1.807) is 0 Å². The summed E-state index contributed by atoms with van der Waals surface area (Å²) in [5.41, 5.74) is 4.11. The Labute approximate surface area is 165 Å². The number of aromatic nitrogens is 2. The molecular formula is C23H26N4O. The van der Waals surface area contributed by atoms with E-state index in [1.807, 2.05) is 41.6 Å². The second kappa shape index (κ2) is 7.40. The number of benzene rings is 2. The molecule has 2 fully saturated rings. The predicted octanol–water partition coefficient (Wildman–Crippen LogP) is 3.39. The van der Waals surface area contributed by atoms with Crippen LogP contribution in [-0.2, 0) is 6.54 Å². The Balaban J connectivity index is 1.25. The molecule has 5 heteroatoms. The number of rotatable bonds is 4. The lowest BCUT2D eigenvalue weighted by Gasteiger charge is -2.23. The summed E-state index contributed by atoms with van der Waals surface area (Å²) >= 11 is 0. The number of amides is 1. The van der Waals surface area contributed by atoms with Crippen LogP contribution in [0.5, 0.6) is 0 Å². The first kappa shape index (κ1) is 17.4. The molecule has 1 atom stereocenters. The Bertz CT molecular complexity index is 972. The van der Waals surface area contributed by atoms with Crippen LogP contribution in [0, 0.1) is 0 Å². The molecule has 3 aromatic rings. The Morgan fingerprint density at radius 2 is 1.79 bits per heavy atom. The number of likely N-dealkylation sites (tertiary alicyclic amines) is 2. The number of hydrogen-bond donors (Lipinski definition) is 0. The zero-order chi connectivity index (χ0) is 18.9. The summed E-state index contributed by atoms with van der Waals surface area (Å²) in [7, 11) is 0. The third kappa shape index (κ3) is 3.31. The number of imidazole rings is 1. The Kier molecular flexibility index (Phi) is 4.61. The summed E-state index contributed by atoms with van der Waals surface area (Å²) in [6, 6.07) is 16.8. The topological polar surface area (TPSA) is 41.4 Å². The minimum Gasteiger partial charge on any atom is -0.337 e. The van der Waals surface area contributed by atoms with E-state index in [4.69, 9.17) is 0 Å². The predicted molar refractivity (Wildman–Crippen MR) is 110 cm³/mol. The van der Waals surface area contributed by atoms with Crippen LogP contribution >= 0.6 is 0 Å². The van der Waals surface area contributed by atoms with Gasteiger partial charge in [0.05, 0.1) is 17.4 Å². The van der Waals surface area contributed by atoms with E-state index in [2.05, 4.69) is 32.7 Å². The number of carbonyl (C=O) groups is 1. The first-order chi connectivity index (χ1) is 13.8. The van der Waals surface area contributed by atoms with E-state index >= 15 is 0 Å². The standard InChI is InChI=1S/C23H26N4O/c28-23(26-14-11-20(16-26)25-12-3-4-13-25)19-9-7-18(8-10-19)15-27-17-24-21-5-1-2-6-22(21)27/h1-2,5-10,17,20H,3-4,11-16H2/t20-/m0/s1. The molecule has 0 aliphatic carbocycles. The molecule has 0 bridgehead atoms. The Morgan fingerprint density at radius 3 is 2.61 bits per heavy atom. The molecule has 1 amide bonds. The van der Waals surface area contributed by atoms with Crippen molar-refractivity contribution in [3.05, 3.63) is 66.0 Å². The lowest BCUT2D eigenvalue weighted by Crippen LogP contribution is -2.37. The van der Waals surface area contributed by atoms with Crippen LogP contribution in [0.15, 0.2) is 54.9 Å². The number of fused-ring (bicyclic) bond motifs is 1. The average molecular weight is 374 g/mol. The molecule has 5 rings (SSSR count). The normalized spacial score (nSPS) is 20.3. The van der Waals surface area contributed by atoms with E-state index in [0.717, 1.165) is 42.7 Å². The van der Waals surface area contributed by atoms with Crippen molar-refractivity contribution in [3.8, 4) is 0 Å². The number of nitrogens with zero attached hydrogens (tertiary/aromatic N) is 4. The summed E-state index contributed by atoms with van der Waals surface area (Å²) in [5, 5.41) is 0. The van der Waals surface area contributed by atoms with Crippen molar-refractivity contribution in [2.75, 3.05) is 26.2 Å². The number of hydrogen-bond acceptors (Lipinski definition) is 3. The van der Waals surface area contributed by atoms with Gasteiger partial charge in [-0.15, -0.1) is 0 Å². The van der Waals surface area contributed by atoms with Crippen molar-refractivity contribution in [2.24, 2.45) is 0 Å². The van der Waals surface area contributed by atoms with Gasteiger partial charge >= 0.3 is 0 Å². The van der Waals surface area contributed by atoms with Crippen LogP contribution < -0.4 is 0 Å². The summed E-state index contributed by atoms with van der Waals surface area (Å²) in [6.45, 7) is 4.91. The highest BCUT2D eigenvalue weighted by atomic mass is 16.2. The molecule has 3 heterocycles. The third-order valence-corrected chi connectivity index (χ3v) is 6.19. The lowest BCUT2D eigenvalue weighted by molar-refractivity contribution is 0.0780. The van der Waals surface area contributed by atoms with Crippen molar-refractivity contribution in [1.29, 1.82) is 0 Å². The van der Waals surface area contributed by atoms with Crippen LogP contribution in [0.4, 0.5) is 0 Å². The molecule has 2 aromatic carbocycles. The monoisotopic (exact) mass is 374 g/mol. The van der Waals surface area contributed by atoms with Gasteiger partial charge in [-0.2, -0.15) is 0 Å². The van der Waals surface area contributed by atoms with Crippen molar-refractivity contribution in [2.45, 2.75) is 31.8 Å². The third-order valence-electron chi connectivity index (χ3n) is 6.19. The van der Waals surface area contributed by atoms with Gasteiger partial charge < -0.3 is 9.47 Å². The van der Waals surface area contributed by atoms with Crippen LogP contribution in [0.3, 0.4) is 0 Å². The maximum Gasteiger partial charge on any atom is 0.253 e. The van der Waals surface area contributed by atoms with Crippen molar-refractivity contribution < 1.29 is 4.79 Å². The fourth-order valence-corrected chi connectivity index (χ4v) is 4.60. The van der Waals surface area contributed by atoms with Crippen molar-refractivity contribution in [3.63, 3.8) is 0 Å². The summed E-state index contributed by atoms with van der Waals surface area (Å²) in [4.78, 5) is 21.9. The molecule has 2 aliphatic rings. The largest absolute Gasteiger partial charge is 0.337 e. The highest BCUT2D eigenvalue weighted by molar-refractivity contribution is 5.94. The maximum absolute atomic E-state index is 12.9. The second-order valence-electron chi connectivity index (χ2n) is 7.99. The maximum atomic E-state index is 12.9. The number of carbonyl (C=O) groups excluding carboxylic acids is 1. The minimum absolute atomic E-state index is 0.168. The lowest BCUT2D eigenvalue weighted by atomic mass is 10.1. The second-order valence-corrected chi connectivity index (χ2v) is 7.99. The van der Waals surface area contributed by atoms with Gasteiger partial charge in [0, 0.05) is 31.2 Å². The molecule has 0 N–H and O–H groups in total. The van der Waals surface area contributed by atoms with Gasteiger partial charge in [0.1, 0.15) is 0 Å². The van der Waals surface area contributed by atoms with Gasteiger partial charge in [0.25, 0.3) is 5.91 Å². The molecule has 2 saturated heterocycles. The molecule has 28 heavy (non-hydrogen) atoms. The van der Waals surface area contributed by atoms with Crippen LogP contribution in [-0.4, -0.2) is 57.5 Å². The van der Waals surface area contributed by atoms with E-state index in [0.29, 0.717) is 6.04 Å². The fourth-order valence-electron chi connectivity index (χ4n) is 4.60. The number of para-hydroxylation sites is 2. The Hall–Kier alpha value is -2.66. The summed E-state index contributed by atoms with van der Waals surface area (Å²) < 4.78 is 2.15. The SMILES string of the molecule is O=C(c1ccc(Cn2cnc3ccccc32)cc1)N1CC[C@H](N2CCCC2)C1. The van der Waals surface area contributed by atoms with E-state index < -0.39 is 0 Å². The highest BCUT2D eigenvalue weighted by Crippen LogP contribution is 2.22. The molecule has 0 saturated carbocycles. The smallest absolute Gasteiger partial charge is 0.253 e. The van der Waals surface area contributed by atoms with E-state index in [-0.39, 0.29) is 5.91 Å². The molecule has 0 unspecified atom stereocenters.